The van der Waals surface area contributed by atoms with Crippen molar-refractivity contribution in [2.24, 2.45) is 0 Å². The minimum atomic E-state index is -0.544. The maximum atomic E-state index is 13.7. The summed E-state index contributed by atoms with van der Waals surface area (Å²) in [6.07, 6.45) is -0.432. The Morgan fingerprint density at radius 2 is 2.04 bits per heavy atom. The Bertz CT molecular complexity index is 748. The minimum Gasteiger partial charge on any atom is -0.438 e. The number of thioether (sulfide) groups is 1. The van der Waals surface area contributed by atoms with Crippen LogP contribution in [-0.2, 0) is 9.53 Å². The monoisotopic (exact) mass is 413 g/mol. The largest absolute Gasteiger partial charge is 0.438 e. The first-order valence-corrected chi connectivity index (χ1v) is 9.86. The predicted octanol–water partition coefficient (Wildman–Crippen LogP) is 3.28. The van der Waals surface area contributed by atoms with E-state index in [1.807, 2.05) is 6.07 Å². The first kappa shape index (κ1) is 21.5. The number of alkyl halides is 1. The molecule has 1 saturated heterocycles. The number of halogens is 2. The summed E-state index contributed by atoms with van der Waals surface area (Å²) in [7, 11) is 0. The lowest BCUT2D eigenvalue weighted by atomic mass is 9.99. The molecule has 1 aromatic carbocycles. The third-order valence-electron chi connectivity index (χ3n) is 4.40. The standard InChI is InChI=1S/C18H21ClFN3O3S/c1-12-14(3-4-17(20)15(12)9-21)16(19)10-22-5-7-23(8-6-22)18(25)26-11-27-13(2)24/h3-4,16H,5-8,10-11H2,1-2H3. The average molecular weight is 414 g/mol. The molecule has 0 aromatic heterocycles. The molecule has 146 valence electrons. The Labute approximate surface area is 167 Å². The number of nitrogens with zero attached hydrogens (tertiary/aromatic N) is 3. The van der Waals surface area contributed by atoms with E-state index in [0.29, 0.717) is 38.3 Å². The third-order valence-corrected chi connectivity index (χ3v) is 5.41. The van der Waals surface area contributed by atoms with Crippen molar-refractivity contribution in [1.82, 2.24) is 9.80 Å². The van der Waals surface area contributed by atoms with Gasteiger partial charge in [0.15, 0.2) is 5.12 Å². The number of carbonyl (C=O) groups excluding carboxylic acids is 2. The Hall–Kier alpha value is -1.82. The summed E-state index contributed by atoms with van der Waals surface area (Å²) in [5.41, 5.74) is 1.31. The van der Waals surface area contributed by atoms with Gasteiger partial charge in [0.25, 0.3) is 0 Å². The first-order chi connectivity index (χ1) is 12.8. The molecule has 9 heteroatoms. The number of carbonyl (C=O) groups is 2. The summed E-state index contributed by atoms with van der Waals surface area (Å²) in [5.74, 6) is -0.527. The summed E-state index contributed by atoms with van der Waals surface area (Å²) in [4.78, 5) is 26.5. The number of hydrogen-bond donors (Lipinski definition) is 0. The van der Waals surface area contributed by atoms with E-state index < -0.39 is 11.9 Å². The van der Waals surface area contributed by atoms with Crippen LogP contribution in [0.1, 0.15) is 29.0 Å². The van der Waals surface area contributed by atoms with Gasteiger partial charge in [0.2, 0.25) is 0 Å². The second-order valence-electron chi connectivity index (χ2n) is 6.17. The minimum absolute atomic E-state index is 0.0171. The molecular weight excluding hydrogens is 393 g/mol. The van der Waals surface area contributed by atoms with Crippen LogP contribution in [0.15, 0.2) is 12.1 Å². The number of amides is 1. The van der Waals surface area contributed by atoms with Crippen molar-refractivity contribution < 1.29 is 18.7 Å². The molecule has 1 heterocycles. The lowest BCUT2D eigenvalue weighted by Gasteiger charge is -2.35. The number of benzene rings is 1. The maximum Gasteiger partial charge on any atom is 0.410 e. The third kappa shape index (κ3) is 5.83. The van der Waals surface area contributed by atoms with Crippen LogP contribution in [0.2, 0.25) is 0 Å². The number of piperazine rings is 1. The van der Waals surface area contributed by atoms with Gasteiger partial charge >= 0.3 is 6.09 Å². The van der Waals surface area contributed by atoms with E-state index >= 15 is 0 Å². The lowest BCUT2D eigenvalue weighted by molar-refractivity contribution is -0.109. The Morgan fingerprint density at radius 1 is 1.37 bits per heavy atom. The van der Waals surface area contributed by atoms with Crippen LogP contribution >= 0.6 is 23.4 Å². The zero-order valence-electron chi connectivity index (χ0n) is 15.2. The molecule has 1 fully saturated rings. The first-order valence-electron chi connectivity index (χ1n) is 8.44. The molecule has 1 unspecified atom stereocenters. The smallest absolute Gasteiger partial charge is 0.410 e. The number of rotatable bonds is 5. The molecule has 0 saturated carbocycles. The van der Waals surface area contributed by atoms with Crippen LogP contribution in [-0.4, -0.2) is 59.7 Å². The van der Waals surface area contributed by atoms with Crippen molar-refractivity contribution in [2.45, 2.75) is 19.2 Å². The quantitative estimate of drug-likeness (QED) is 0.544. The topological polar surface area (TPSA) is 73.6 Å². The highest BCUT2D eigenvalue weighted by Gasteiger charge is 2.25. The molecular formula is C18H21ClFN3O3S. The van der Waals surface area contributed by atoms with Crippen LogP contribution in [0.4, 0.5) is 9.18 Å². The van der Waals surface area contributed by atoms with E-state index in [1.54, 1.807) is 17.9 Å². The molecule has 0 spiro atoms. The highest BCUT2D eigenvalue weighted by Crippen LogP contribution is 2.28. The lowest BCUT2D eigenvalue weighted by Crippen LogP contribution is -2.49. The van der Waals surface area contributed by atoms with E-state index in [2.05, 4.69) is 4.90 Å². The van der Waals surface area contributed by atoms with Gasteiger partial charge in [0, 0.05) is 39.6 Å². The molecule has 2 rings (SSSR count). The van der Waals surface area contributed by atoms with E-state index in [1.165, 1.54) is 13.0 Å². The normalized spacial score (nSPS) is 15.9. The van der Waals surface area contributed by atoms with Crippen LogP contribution in [0, 0.1) is 24.1 Å². The van der Waals surface area contributed by atoms with E-state index in [0.717, 1.165) is 17.3 Å². The summed E-state index contributed by atoms with van der Waals surface area (Å²) in [6, 6.07) is 4.76. The van der Waals surface area contributed by atoms with Gasteiger partial charge in [-0.15, -0.1) is 11.6 Å². The number of ether oxygens (including phenoxy) is 1. The molecule has 1 amide bonds. The van der Waals surface area contributed by atoms with Crippen molar-refractivity contribution in [3.63, 3.8) is 0 Å². The maximum absolute atomic E-state index is 13.7. The molecule has 0 radical (unpaired) electrons. The molecule has 27 heavy (non-hydrogen) atoms. The Morgan fingerprint density at radius 3 is 2.63 bits per heavy atom. The van der Waals surface area contributed by atoms with Crippen molar-refractivity contribution in [1.29, 1.82) is 5.26 Å². The second-order valence-corrected chi connectivity index (χ2v) is 7.79. The zero-order valence-corrected chi connectivity index (χ0v) is 16.8. The van der Waals surface area contributed by atoms with Gasteiger partial charge in [-0.05, 0) is 35.9 Å². The molecule has 1 atom stereocenters. The van der Waals surface area contributed by atoms with Gasteiger partial charge in [-0.25, -0.2) is 9.18 Å². The molecule has 0 bridgehead atoms. The van der Waals surface area contributed by atoms with E-state index in [9.17, 15) is 14.0 Å². The van der Waals surface area contributed by atoms with Gasteiger partial charge in [-0.2, -0.15) is 5.26 Å². The van der Waals surface area contributed by atoms with Crippen LogP contribution < -0.4 is 0 Å². The zero-order chi connectivity index (χ0) is 20.0. The highest BCUT2D eigenvalue weighted by atomic mass is 35.5. The van der Waals surface area contributed by atoms with Gasteiger partial charge in [0.1, 0.15) is 17.8 Å². The van der Waals surface area contributed by atoms with E-state index in [-0.39, 0.29) is 22.0 Å². The molecule has 1 aliphatic heterocycles. The molecule has 0 aliphatic carbocycles. The summed E-state index contributed by atoms with van der Waals surface area (Å²) in [6.45, 7) is 5.90. The molecule has 0 N–H and O–H groups in total. The number of nitriles is 1. The van der Waals surface area contributed by atoms with Crippen LogP contribution in [0.25, 0.3) is 0 Å². The molecule has 1 aromatic rings. The number of hydrogen-bond acceptors (Lipinski definition) is 6. The molecule has 6 nitrogen and oxygen atoms in total. The van der Waals surface area contributed by atoms with Gasteiger partial charge in [-0.1, -0.05) is 6.07 Å². The summed E-state index contributed by atoms with van der Waals surface area (Å²) < 4.78 is 18.7. The van der Waals surface area contributed by atoms with Crippen molar-refractivity contribution in [3.05, 3.63) is 34.6 Å². The summed E-state index contributed by atoms with van der Waals surface area (Å²) in [5, 5.41) is 8.60. The average Bonchev–Trinajstić information content (AvgIpc) is 2.62. The van der Waals surface area contributed by atoms with Crippen LogP contribution in [0.5, 0.6) is 0 Å². The van der Waals surface area contributed by atoms with Crippen molar-refractivity contribution in [3.8, 4) is 6.07 Å². The van der Waals surface area contributed by atoms with Crippen molar-refractivity contribution in [2.75, 3.05) is 38.7 Å². The highest BCUT2D eigenvalue weighted by molar-refractivity contribution is 8.13. The van der Waals surface area contributed by atoms with Crippen LogP contribution in [0.3, 0.4) is 0 Å². The second kappa shape index (κ2) is 9.93. The van der Waals surface area contributed by atoms with Gasteiger partial charge in [-0.3, -0.25) is 9.69 Å². The Balaban J connectivity index is 1.86. The van der Waals surface area contributed by atoms with E-state index in [4.69, 9.17) is 21.6 Å². The summed E-state index contributed by atoms with van der Waals surface area (Å²) >= 11 is 7.46. The van der Waals surface area contributed by atoms with Crippen molar-refractivity contribution >= 4 is 34.6 Å². The fraction of sp³-hybridized carbons (Fsp3) is 0.500. The van der Waals surface area contributed by atoms with Gasteiger partial charge < -0.3 is 9.64 Å². The van der Waals surface area contributed by atoms with Gasteiger partial charge in [0.05, 0.1) is 10.9 Å². The predicted molar refractivity (Wildman–Crippen MR) is 102 cm³/mol. The Kier molecular flexibility index (Phi) is 7.90. The fourth-order valence-corrected chi connectivity index (χ4v) is 3.62. The fourth-order valence-electron chi connectivity index (χ4n) is 2.86. The SMILES string of the molecule is CC(=O)SCOC(=O)N1CCN(CC(Cl)c2ccc(F)c(C#N)c2C)CC1. The molecule has 1 aliphatic rings.